The van der Waals surface area contributed by atoms with Crippen LogP contribution in [0.1, 0.15) is 41.6 Å². The molecule has 0 radical (unpaired) electrons. The van der Waals surface area contributed by atoms with Crippen molar-refractivity contribution >= 4 is 28.5 Å². The average molecular weight is 404 g/mol. The van der Waals surface area contributed by atoms with Crippen LogP contribution in [0.5, 0.6) is 0 Å². The highest BCUT2D eigenvalue weighted by atomic mass is 16.2. The standard InChI is InChI=1S/C23H24N4O3/c1-15-6-9-18(10-7-15)25-21(28)14-27-20-11-8-16(12-19(20)24-13-22(27)29)23(30)26-17-4-2-3-5-17/h6-13,17H,2-5,14H2,1H3,(H,25,28)(H,26,30). The first-order valence-electron chi connectivity index (χ1n) is 10.2. The fourth-order valence-corrected chi connectivity index (χ4v) is 3.79. The van der Waals surface area contributed by atoms with Crippen LogP contribution in [0.4, 0.5) is 5.69 Å². The molecule has 2 aromatic carbocycles. The highest BCUT2D eigenvalue weighted by Gasteiger charge is 2.18. The van der Waals surface area contributed by atoms with Crippen LogP contribution in [-0.2, 0) is 11.3 Å². The normalized spacial score (nSPS) is 14.0. The monoisotopic (exact) mass is 404 g/mol. The number of aryl methyl sites for hydroxylation is 1. The summed E-state index contributed by atoms with van der Waals surface area (Å²) in [6, 6.07) is 12.7. The number of fused-ring (bicyclic) bond motifs is 1. The Bertz CT molecular complexity index is 1150. The minimum absolute atomic E-state index is 0.138. The van der Waals surface area contributed by atoms with Gasteiger partial charge in [0.2, 0.25) is 5.91 Å². The zero-order valence-corrected chi connectivity index (χ0v) is 16.9. The van der Waals surface area contributed by atoms with Gasteiger partial charge in [-0.3, -0.25) is 19.0 Å². The fraction of sp³-hybridized carbons (Fsp3) is 0.304. The molecular weight excluding hydrogens is 380 g/mol. The first kappa shape index (κ1) is 19.8. The van der Waals surface area contributed by atoms with Crippen LogP contribution in [0.3, 0.4) is 0 Å². The van der Waals surface area contributed by atoms with E-state index in [1.165, 1.54) is 10.8 Å². The van der Waals surface area contributed by atoms with Crippen molar-refractivity contribution in [2.24, 2.45) is 0 Å². The molecule has 1 aromatic heterocycles. The van der Waals surface area contributed by atoms with Gasteiger partial charge in [-0.15, -0.1) is 0 Å². The molecule has 0 unspecified atom stereocenters. The van der Waals surface area contributed by atoms with E-state index in [0.29, 0.717) is 22.3 Å². The van der Waals surface area contributed by atoms with Gasteiger partial charge in [-0.05, 0) is 50.1 Å². The van der Waals surface area contributed by atoms with Gasteiger partial charge in [0.1, 0.15) is 6.54 Å². The summed E-state index contributed by atoms with van der Waals surface area (Å²) in [5.74, 6) is -0.447. The van der Waals surface area contributed by atoms with E-state index in [4.69, 9.17) is 0 Å². The zero-order valence-electron chi connectivity index (χ0n) is 16.9. The highest BCUT2D eigenvalue weighted by molar-refractivity contribution is 5.98. The molecule has 1 aliphatic rings. The predicted molar refractivity (Wildman–Crippen MR) is 116 cm³/mol. The highest BCUT2D eigenvalue weighted by Crippen LogP contribution is 2.19. The molecule has 0 atom stereocenters. The number of anilines is 1. The summed E-state index contributed by atoms with van der Waals surface area (Å²) >= 11 is 0. The second-order valence-corrected chi connectivity index (χ2v) is 7.76. The number of carbonyl (C=O) groups is 2. The van der Waals surface area contributed by atoms with E-state index < -0.39 is 0 Å². The Kier molecular flexibility index (Phi) is 5.61. The number of carbonyl (C=O) groups excluding carboxylic acids is 2. The Balaban J connectivity index is 1.54. The fourth-order valence-electron chi connectivity index (χ4n) is 3.79. The summed E-state index contributed by atoms with van der Waals surface area (Å²) in [5.41, 5.74) is 2.90. The van der Waals surface area contributed by atoms with E-state index in [1.54, 1.807) is 18.2 Å². The molecule has 1 fully saturated rings. The lowest BCUT2D eigenvalue weighted by Crippen LogP contribution is -2.32. The third-order valence-electron chi connectivity index (χ3n) is 5.44. The maximum atomic E-state index is 12.5. The molecule has 7 heteroatoms. The molecule has 2 N–H and O–H groups in total. The number of nitrogens with zero attached hydrogens (tertiary/aromatic N) is 2. The first-order valence-corrected chi connectivity index (χ1v) is 10.2. The van der Waals surface area contributed by atoms with Crippen molar-refractivity contribution < 1.29 is 9.59 Å². The van der Waals surface area contributed by atoms with E-state index in [9.17, 15) is 14.4 Å². The van der Waals surface area contributed by atoms with Crippen LogP contribution < -0.4 is 16.2 Å². The lowest BCUT2D eigenvalue weighted by atomic mass is 10.1. The van der Waals surface area contributed by atoms with Crippen LogP contribution in [-0.4, -0.2) is 27.4 Å². The van der Waals surface area contributed by atoms with Gasteiger partial charge in [0.25, 0.3) is 11.5 Å². The summed E-state index contributed by atoms with van der Waals surface area (Å²) in [6.07, 6.45) is 5.48. The first-order chi connectivity index (χ1) is 14.5. The Hall–Kier alpha value is -3.48. The molecule has 154 valence electrons. The van der Waals surface area contributed by atoms with Crippen LogP contribution in [0.2, 0.25) is 0 Å². The van der Waals surface area contributed by atoms with E-state index in [1.807, 2.05) is 31.2 Å². The number of rotatable bonds is 5. The Morgan fingerprint density at radius 3 is 2.57 bits per heavy atom. The smallest absolute Gasteiger partial charge is 0.269 e. The number of amides is 2. The molecule has 30 heavy (non-hydrogen) atoms. The second kappa shape index (κ2) is 8.49. The molecule has 2 amide bonds. The van der Waals surface area contributed by atoms with E-state index in [2.05, 4.69) is 15.6 Å². The van der Waals surface area contributed by atoms with Crippen molar-refractivity contribution in [2.45, 2.75) is 45.2 Å². The van der Waals surface area contributed by atoms with Crippen molar-refractivity contribution in [3.05, 3.63) is 70.1 Å². The molecule has 7 nitrogen and oxygen atoms in total. The molecule has 0 spiro atoms. The van der Waals surface area contributed by atoms with Crippen molar-refractivity contribution in [2.75, 3.05) is 5.32 Å². The third kappa shape index (κ3) is 4.40. The van der Waals surface area contributed by atoms with Crippen molar-refractivity contribution in [1.82, 2.24) is 14.9 Å². The predicted octanol–water partition coefficient (Wildman–Crippen LogP) is 3.02. The molecule has 0 bridgehead atoms. The summed E-state index contributed by atoms with van der Waals surface area (Å²) in [5, 5.41) is 5.85. The van der Waals surface area contributed by atoms with Crippen LogP contribution in [0.15, 0.2) is 53.5 Å². The van der Waals surface area contributed by atoms with Gasteiger partial charge in [-0.25, -0.2) is 4.98 Å². The van der Waals surface area contributed by atoms with Gasteiger partial charge in [0.15, 0.2) is 0 Å². The average Bonchev–Trinajstić information content (AvgIpc) is 3.24. The van der Waals surface area contributed by atoms with Crippen molar-refractivity contribution in [3.8, 4) is 0 Å². The van der Waals surface area contributed by atoms with Crippen molar-refractivity contribution in [1.29, 1.82) is 0 Å². The molecule has 1 saturated carbocycles. The Morgan fingerprint density at radius 2 is 1.83 bits per heavy atom. The molecular formula is C23H24N4O3. The van der Waals surface area contributed by atoms with Crippen molar-refractivity contribution in [3.63, 3.8) is 0 Å². The summed E-state index contributed by atoms with van der Waals surface area (Å²) in [6.45, 7) is 1.83. The topological polar surface area (TPSA) is 93.1 Å². The molecule has 0 saturated heterocycles. The van der Waals surface area contributed by atoms with Gasteiger partial charge in [-0.1, -0.05) is 30.5 Å². The molecule has 1 heterocycles. The molecule has 1 aliphatic carbocycles. The molecule has 4 rings (SSSR count). The van der Waals surface area contributed by atoms with Gasteiger partial charge in [-0.2, -0.15) is 0 Å². The summed E-state index contributed by atoms with van der Waals surface area (Å²) < 4.78 is 1.37. The minimum atomic E-state index is -0.371. The van der Waals surface area contributed by atoms with Gasteiger partial charge in [0.05, 0.1) is 17.2 Å². The summed E-state index contributed by atoms with van der Waals surface area (Å²) in [4.78, 5) is 41.5. The SMILES string of the molecule is Cc1ccc(NC(=O)Cn2c(=O)cnc3cc(C(=O)NC4CCCC4)ccc32)cc1. The molecule has 3 aromatic rings. The van der Waals surface area contributed by atoms with E-state index in [0.717, 1.165) is 31.2 Å². The van der Waals surface area contributed by atoms with Gasteiger partial charge < -0.3 is 10.6 Å². The van der Waals surface area contributed by atoms with E-state index in [-0.39, 0.29) is 30.0 Å². The van der Waals surface area contributed by atoms with Crippen LogP contribution in [0.25, 0.3) is 11.0 Å². The van der Waals surface area contributed by atoms with E-state index >= 15 is 0 Å². The number of aromatic nitrogens is 2. The number of nitrogens with one attached hydrogen (secondary N) is 2. The van der Waals surface area contributed by atoms with Crippen LogP contribution >= 0.6 is 0 Å². The van der Waals surface area contributed by atoms with Gasteiger partial charge >= 0.3 is 0 Å². The van der Waals surface area contributed by atoms with Gasteiger partial charge in [0, 0.05) is 17.3 Å². The maximum absolute atomic E-state index is 12.5. The maximum Gasteiger partial charge on any atom is 0.269 e. The summed E-state index contributed by atoms with van der Waals surface area (Å²) in [7, 11) is 0. The zero-order chi connectivity index (χ0) is 21.1. The minimum Gasteiger partial charge on any atom is -0.349 e. The lowest BCUT2D eigenvalue weighted by molar-refractivity contribution is -0.116. The number of benzene rings is 2. The number of hydrogen-bond donors (Lipinski definition) is 2. The Labute approximate surface area is 174 Å². The molecule has 0 aliphatic heterocycles. The second-order valence-electron chi connectivity index (χ2n) is 7.76. The van der Waals surface area contributed by atoms with Crippen LogP contribution in [0, 0.1) is 6.92 Å². The largest absolute Gasteiger partial charge is 0.349 e. The lowest BCUT2D eigenvalue weighted by Gasteiger charge is -2.13. The quantitative estimate of drug-likeness (QED) is 0.684. The Morgan fingerprint density at radius 1 is 1.10 bits per heavy atom. The third-order valence-corrected chi connectivity index (χ3v) is 5.44. The number of hydrogen-bond acceptors (Lipinski definition) is 4.